The summed E-state index contributed by atoms with van der Waals surface area (Å²) in [5.41, 5.74) is 1.33. The van der Waals surface area contributed by atoms with Crippen LogP contribution in [0.3, 0.4) is 0 Å². The number of ether oxygens (including phenoxy) is 1. The summed E-state index contributed by atoms with van der Waals surface area (Å²) in [6.45, 7) is 1.61. The average Bonchev–Trinajstić information content (AvgIpc) is 2.67. The van der Waals surface area contributed by atoms with Crippen LogP contribution in [0, 0.1) is 10.1 Å². The minimum absolute atomic E-state index is 0.145. The lowest BCUT2D eigenvalue weighted by Crippen LogP contribution is -2.46. The third-order valence-electron chi connectivity index (χ3n) is 4.33. The molecule has 0 saturated carbocycles. The molecule has 0 aromatic heterocycles. The van der Waals surface area contributed by atoms with E-state index in [1.165, 1.54) is 25.3 Å². The number of halogens is 1. The minimum atomic E-state index is -0.783. The second-order valence-electron chi connectivity index (χ2n) is 6.22. The number of nitro groups is 1. The van der Waals surface area contributed by atoms with E-state index >= 15 is 0 Å². The van der Waals surface area contributed by atoms with Gasteiger partial charge in [0.2, 0.25) is 0 Å². The highest BCUT2D eigenvalue weighted by Gasteiger charge is 2.33. The molecule has 3 amide bonds. The van der Waals surface area contributed by atoms with Crippen LogP contribution in [-0.4, -0.2) is 24.0 Å². The maximum absolute atomic E-state index is 13.1. The van der Waals surface area contributed by atoms with E-state index in [4.69, 9.17) is 4.74 Å². The Morgan fingerprint density at radius 2 is 2.03 bits per heavy atom. The third-order valence-corrected chi connectivity index (χ3v) is 4.82. The van der Waals surface area contributed by atoms with Crippen molar-refractivity contribution in [1.29, 1.82) is 0 Å². The van der Waals surface area contributed by atoms with E-state index in [1.807, 2.05) is 0 Å². The van der Waals surface area contributed by atoms with Crippen molar-refractivity contribution in [3.8, 4) is 5.75 Å². The summed E-state index contributed by atoms with van der Waals surface area (Å²) in [5.74, 6) is -0.0172. The second-order valence-corrected chi connectivity index (χ2v) is 7.13. The number of nitrogens with zero attached hydrogens (tertiary/aromatic N) is 1. The Hall–Kier alpha value is -3.40. The molecule has 3 rings (SSSR count). The van der Waals surface area contributed by atoms with Crippen LogP contribution in [0.4, 0.5) is 16.2 Å². The highest BCUT2D eigenvalue weighted by molar-refractivity contribution is 9.10. The average molecular weight is 461 g/mol. The molecule has 1 heterocycles. The Kier molecular flexibility index (Phi) is 5.83. The van der Waals surface area contributed by atoms with Crippen molar-refractivity contribution in [3.63, 3.8) is 0 Å². The van der Waals surface area contributed by atoms with E-state index < -0.39 is 22.9 Å². The van der Waals surface area contributed by atoms with Crippen molar-refractivity contribution in [2.75, 3.05) is 12.4 Å². The molecule has 29 heavy (non-hydrogen) atoms. The Morgan fingerprint density at radius 3 is 2.72 bits per heavy atom. The Morgan fingerprint density at radius 1 is 1.28 bits per heavy atom. The Labute approximate surface area is 174 Å². The number of nitrogens with one attached hydrogen (secondary N) is 3. The molecular formula is C19H17BrN4O5. The summed E-state index contributed by atoms with van der Waals surface area (Å²) in [4.78, 5) is 35.6. The van der Waals surface area contributed by atoms with E-state index in [0.717, 1.165) is 4.47 Å². The molecule has 0 fully saturated rings. The predicted octanol–water partition coefficient (Wildman–Crippen LogP) is 3.63. The van der Waals surface area contributed by atoms with Crippen molar-refractivity contribution in [2.24, 2.45) is 0 Å². The van der Waals surface area contributed by atoms with Gasteiger partial charge in [-0.15, -0.1) is 0 Å². The maximum atomic E-state index is 13.1. The molecule has 0 bridgehead atoms. The van der Waals surface area contributed by atoms with Crippen LogP contribution in [0.5, 0.6) is 5.75 Å². The molecule has 2 aromatic rings. The number of amides is 3. The van der Waals surface area contributed by atoms with Gasteiger partial charge in [-0.25, -0.2) is 4.79 Å². The van der Waals surface area contributed by atoms with Gasteiger partial charge in [0.1, 0.15) is 5.75 Å². The zero-order chi connectivity index (χ0) is 21.1. The molecule has 0 aliphatic carbocycles. The molecule has 1 atom stereocenters. The first-order valence-corrected chi connectivity index (χ1v) is 9.27. The first kappa shape index (κ1) is 20.3. The van der Waals surface area contributed by atoms with E-state index in [1.54, 1.807) is 31.2 Å². The van der Waals surface area contributed by atoms with E-state index in [2.05, 4.69) is 31.9 Å². The van der Waals surface area contributed by atoms with Crippen LogP contribution < -0.4 is 20.7 Å². The van der Waals surface area contributed by atoms with Crippen LogP contribution >= 0.6 is 15.9 Å². The smallest absolute Gasteiger partial charge is 0.319 e. The number of hydrogen-bond acceptors (Lipinski definition) is 5. The van der Waals surface area contributed by atoms with Crippen LogP contribution in [-0.2, 0) is 4.79 Å². The molecular weight excluding hydrogens is 444 g/mol. The van der Waals surface area contributed by atoms with Gasteiger partial charge in [0, 0.05) is 33.6 Å². The molecule has 150 valence electrons. The fraction of sp³-hybridized carbons (Fsp3) is 0.158. The number of hydrogen-bond donors (Lipinski definition) is 3. The lowest BCUT2D eigenvalue weighted by atomic mass is 9.94. The van der Waals surface area contributed by atoms with Crippen molar-refractivity contribution in [3.05, 3.63) is 73.9 Å². The number of rotatable bonds is 5. The molecule has 10 heteroatoms. The summed E-state index contributed by atoms with van der Waals surface area (Å²) in [5, 5.41) is 19.0. The summed E-state index contributed by atoms with van der Waals surface area (Å²) >= 11 is 3.39. The fourth-order valence-corrected chi connectivity index (χ4v) is 3.43. The summed E-state index contributed by atoms with van der Waals surface area (Å²) in [7, 11) is 1.50. The fourth-order valence-electron chi connectivity index (χ4n) is 3.05. The van der Waals surface area contributed by atoms with Crippen LogP contribution in [0.25, 0.3) is 0 Å². The van der Waals surface area contributed by atoms with Crippen LogP contribution in [0.15, 0.2) is 58.2 Å². The summed E-state index contributed by atoms with van der Waals surface area (Å²) in [6.07, 6.45) is 0. The number of nitro benzene ring substituents is 1. The Balaban J connectivity index is 2.00. The predicted molar refractivity (Wildman–Crippen MR) is 110 cm³/mol. The quantitative estimate of drug-likeness (QED) is 0.464. The van der Waals surface area contributed by atoms with Gasteiger partial charge in [-0.05, 0) is 31.2 Å². The van der Waals surface area contributed by atoms with Gasteiger partial charge in [0.05, 0.1) is 23.6 Å². The Bertz CT molecular complexity index is 1040. The lowest BCUT2D eigenvalue weighted by molar-refractivity contribution is -0.384. The summed E-state index contributed by atoms with van der Waals surface area (Å²) < 4.78 is 6.14. The van der Waals surface area contributed by atoms with Crippen molar-refractivity contribution in [1.82, 2.24) is 10.6 Å². The zero-order valence-electron chi connectivity index (χ0n) is 15.5. The van der Waals surface area contributed by atoms with E-state index in [9.17, 15) is 19.7 Å². The van der Waals surface area contributed by atoms with E-state index in [-0.39, 0.29) is 16.9 Å². The number of carbonyl (C=O) groups is 2. The highest BCUT2D eigenvalue weighted by Crippen LogP contribution is 2.35. The lowest BCUT2D eigenvalue weighted by Gasteiger charge is -2.29. The number of benzene rings is 2. The number of non-ortho nitro benzene ring substituents is 1. The molecule has 1 aliphatic rings. The van der Waals surface area contributed by atoms with Crippen LogP contribution in [0.2, 0.25) is 0 Å². The molecule has 2 aromatic carbocycles. The maximum Gasteiger partial charge on any atom is 0.319 e. The number of allylic oxidation sites excluding steroid dienone is 1. The van der Waals surface area contributed by atoms with Crippen molar-refractivity contribution < 1.29 is 19.2 Å². The van der Waals surface area contributed by atoms with Gasteiger partial charge < -0.3 is 20.7 Å². The first-order valence-electron chi connectivity index (χ1n) is 8.47. The highest BCUT2D eigenvalue weighted by atomic mass is 79.9. The van der Waals surface area contributed by atoms with Crippen LogP contribution in [0.1, 0.15) is 18.5 Å². The van der Waals surface area contributed by atoms with Gasteiger partial charge in [0.25, 0.3) is 11.6 Å². The standard InChI is InChI=1S/C19H17BrN4O5/c1-10-16(18(25)22-12-4-3-5-13(9-12)24(27)28)17(23-19(26)21-10)14-8-11(20)6-7-15(14)29-2/h3-9,17H,1-2H3,(H,22,25)(H2,21,23,26). The topological polar surface area (TPSA) is 123 Å². The molecule has 0 radical (unpaired) electrons. The SMILES string of the molecule is COc1ccc(Br)cc1C1NC(=O)NC(C)=C1C(=O)Nc1cccc([N+](=O)[O-])c1. The molecule has 1 aliphatic heterocycles. The summed E-state index contributed by atoms with van der Waals surface area (Å²) in [6, 6.07) is 9.63. The van der Waals surface area contributed by atoms with Crippen molar-refractivity contribution in [2.45, 2.75) is 13.0 Å². The second kappa shape index (κ2) is 8.31. The number of carbonyl (C=O) groups excluding carboxylic acids is 2. The largest absolute Gasteiger partial charge is 0.496 e. The molecule has 0 saturated heterocycles. The molecule has 0 spiro atoms. The normalized spacial score (nSPS) is 16.0. The van der Waals surface area contributed by atoms with Gasteiger partial charge >= 0.3 is 6.03 Å². The third kappa shape index (κ3) is 4.37. The molecule has 9 nitrogen and oxygen atoms in total. The first-order chi connectivity index (χ1) is 13.8. The van der Waals surface area contributed by atoms with Gasteiger partial charge in [-0.2, -0.15) is 0 Å². The zero-order valence-corrected chi connectivity index (χ0v) is 17.1. The van der Waals surface area contributed by atoms with Crippen molar-refractivity contribution >= 4 is 39.2 Å². The van der Waals surface area contributed by atoms with Gasteiger partial charge in [0.15, 0.2) is 0 Å². The molecule has 3 N–H and O–H groups in total. The number of urea groups is 1. The van der Waals surface area contributed by atoms with Gasteiger partial charge in [-0.3, -0.25) is 14.9 Å². The van der Waals surface area contributed by atoms with E-state index in [0.29, 0.717) is 17.0 Å². The number of anilines is 1. The monoisotopic (exact) mass is 460 g/mol. The number of methoxy groups -OCH3 is 1. The molecule has 1 unspecified atom stereocenters. The minimum Gasteiger partial charge on any atom is -0.496 e. The van der Waals surface area contributed by atoms with Gasteiger partial charge in [-0.1, -0.05) is 22.0 Å².